The van der Waals surface area contributed by atoms with Crippen LogP contribution >= 0.6 is 0 Å². The van der Waals surface area contributed by atoms with Gasteiger partial charge in [-0.05, 0) is 48.4 Å². The molecule has 146 valence electrons. The molecule has 1 aromatic heterocycles. The van der Waals surface area contributed by atoms with Gasteiger partial charge in [-0.15, -0.1) is 6.58 Å². The van der Waals surface area contributed by atoms with Crippen LogP contribution in [0.5, 0.6) is 0 Å². The number of carboxylic acids is 1. The number of nitrogens with zero attached hydrogens (tertiary/aromatic N) is 1. The van der Waals surface area contributed by atoms with Crippen molar-refractivity contribution in [2.24, 2.45) is 5.92 Å². The lowest BCUT2D eigenvalue weighted by atomic mass is 10.0. The molecular weight excluding hydrogens is 340 g/mol. The third-order valence-electron chi connectivity index (χ3n) is 4.84. The number of hydrogen-bond donors (Lipinski definition) is 2. The summed E-state index contributed by atoms with van der Waals surface area (Å²) in [5, 5.41) is 13.2. The van der Waals surface area contributed by atoms with E-state index in [9.17, 15) is 14.7 Å². The van der Waals surface area contributed by atoms with Crippen molar-refractivity contribution in [3.63, 3.8) is 0 Å². The lowest BCUT2D eigenvalue weighted by molar-refractivity contribution is -0.139. The van der Waals surface area contributed by atoms with E-state index < -0.39 is 12.0 Å². The first-order valence-corrected chi connectivity index (χ1v) is 9.44. The van der Waals surface area contributed by atoms with E-state index in [0.29, 0.717) is 24.6 Å². The zero-order valence-corrected chi connectivity index (χ0v) is 16.9. The molecule has 0 aliphatic heterocycles. The van der Waals surface area contributed by atoms with Gasteiger partial charge in [0.2, 0.25) is 0 Å². The molecule has 5 nitrogen and oxygen atoms in total. The maximum absolute atomic E-state index is 13.0. The lowest BCUT2D eigenvalue weighted by Gasteiger charge is -2.17. The molecule has 5 heteroatoms. The van der Waals surface area contributed by atoms with Gasteiger partial charge in [0.1, 0.15) is 11.7 Å². The second kappa shape index (κ2) is 8.42. The van der Waals surface area contributed by atoms with Crippen molar-refractivity contribution < 1.29 is 14.7 Å². The van der Waals surface area contributed by atoms with E-state index in [1.54, 1.807) is 6.08 Å². The second-order valence-corrected chi connectivity index (χ2v) is 7.80. The van der Waals surface area contributed by atoms with Gasteiger partial charge in [0, 0.05) is 17.4 Å². The molecule has 0 saturated heterocycles. The van der Waals surface area contributed by atoms with Crippen LogP contribution in [-0.2, 0) is 11.3 Å². The number of aromatic nitrogens is 1. The van der Waals surface area contributed by atoms with Crippen LogP contribution in [-0.4, -0.2) is 27.6 Å². The van der Waals surface area contributed by atoms with Gasteiger partial charge in [-0.25, -0.2) is 4.79 Å². The van der Waals surface area contributed by atoms with Crippen molar-refractivity contribution in [1.29, 1.82) is 0 Å². The van der Waals surface area contributed by atoms with Gasteiger partial charge >= 0.3 is 5.97 Å². The number of carbonyl (C=O) groups excluding carboxylic acids is 1. The molecule has 1 amide bonds. The van der Waals surface area contributed by atoms with Crippen LogP contribution in [0, 0.1) is 12.8 Å². The number of fused-ring (bicyclic) bond motifs is 1. The third-order valence-corrected chi connectivity index (χ3v) is 4.84. The number of hydrogen-bond acceptors (Lipinski definition) is 2. The highest BCUT2D eigenvalue weighted by Gasteiger charge is 2.26. The second-order valence-electron chi connectivity index (χ2n) is 7.80. The molecule has 0 aliphatic carbocycles. The van der Waals surface area contributed by atoms with Gasteiger partial charge < -0.3 is 15.0 Å². The van der Waals surface area contributed by atoms with Crippen LogP contribution in [0.1, 0.15) is 61.6 Å². The molecule has 0 fully saturated rings. The molecular formula is C22H30N2O3. The molecule has 0 radical (unpaired) electrons. The fourth-order valence-electron chi connectivity index (χ4n) is 3.43. The fourth-order valence-corrected chi connectivity index (χ4v) is 3.43. The summed E-state index contributed by atoms with van der Waals surface area (Å²) in [5.74, 6) is -0.815. The summed E-state index contributed by atoms with van der Waals surface area (Å²) in [6.45, 7) is 14.3. The highest BCUT2D eigenvalue weighted by molar-refractivity contribution is 6.03. The molecule has 1 atom stereocenters. The predicted octanol–water partition coefficient (Wildman–Crippen LogP) is 4.49. The predicted molar refractivity (Wildman–Crippen MR) is 109 cm³/mol. The fraction of sp³-hybridized carbons (Fsp3) is 0.455. The molecule has 0 saturated carbocycles. The Labute approximate surface area is 161 Å². The van der Waals surface area contributed by atoms with E-state index in [2.05, 4.69) is 37.9 Å². The van der Waals surface area contributed by atoms with Crippen molar-refractivity contribution in [1.82, 2.24) is 9.88 Å². The van der Waals surface area contributed by atoms with Crippen LogP contribution in [0.4, 0.5) is 0 Å². The highest BCUT2D eigenvalue weighted by atomic mass is 16.4. The molecule has 0 aliphatic rings. The van der Waals surface area contributed by atoms with E-state index in [1.165, 1.54) is 5.56 Å². The van der Waals surface area contributed by atoms with E-state index in [4.69, 9.17) is 0 Å². The van der Waals surface area contributed by atoms with Crippen molar-refractivity contribution in [3.05, 3.63) is 47.7 Å². The van der Waals surface area contributed by atoms with Crippen molar-refractivity contribution in [2.75, 3.05) is 0 Å². The minimum Gasteiger partial charge on any atom is -0.480 e. The van der Waals surface area contributed by atoms with Crippen LogP contribution in [0.3, 0.4) is 0 Å². The Kier molecular flexibility index (Phi) is 6.47. The molecule has 2 aromatic rings. The van der Waals surface area contributed by atoms with Gasteiger partial charge in [0.15, 0.2) is 0 Å². The Morgan fingerprint density at radius 3 is 2.44 bits per heavy atom. The van der Waals surface area contributed by atoms with Gasteiger partial charge in [-0.3, -0.25) is 4.79 Å². The summed E-state index contributed by atoms with van der Waals surface area (Å²) in [5.41, 5.74) is 3.52. The number of aryl methyl sites for hydroxylation is 1. The van der Waals surface area contributed by atoms with E-state index in [0.717, 1.165) is 16.5 Å². The minimum absolute atomic E-state index is 0.167. The number of allylic oxidation sites excluding steroid dienone is 1. The quantitative estimate of drug-likeness (QED) is 0.673. The standard InChI is InChI=1S/C22H30N2O3/c1-7-10-24-19-9-8-16(14(4)5)12-17(19)15(6)20(24)21(25)23-18(22(26)27)11-13(2)3/h7-9,12-14,18H,1,10-11H2,2-6H3,(H,23,25)(H,26,27). The van der Waals surface area contributed by atoms with E-state index >= 15 is 0 Å². The summed E-state index contributed by atoms with van der Waals surface area (Å²) in [7, 11) is 0. The molecule has 1 unspecified atom stereocenters. The molecule has 1 heterocycles. The third kappa shape index (κ3) is 4.41. The zero-order valence-electron chi connectivity index (χ0n) is 16.9. The number of rotatable bonds is 8. The Bertz CT molecular complexity index is 862. The van der Waals surface area contributed by atoms with Crippen LogP contribution in [0.2, 0.25) is 0 Å². The maximum atomic E-state index is 13.0. The molecule has 27 heavy (non-hydrogen) atoms. The monoisotopic (exact) mass is 370 g/mol. The van der Waals surface area contributed by atoms with Gasteiger partial charge in [-0.2, -0.15) is 0 Å². The molecule has 0 spiro atoms. The molecule has 2 rings (SSSR count). The van der Waals surface area contributed by atoms with E-state index in [-0.39, 0.29) is 11.8 Å². The largest absolute Gasteiger partial charge is 0.480 e. The first-order chi connectivity index (χ1) is 12.7. The normalized spacial score (nSPS) is 12.6. The van der Waals surface area contributed by atoms with Crippen molar-refractivity contribution >= 4 is 22.8 Å². The van der Waals surface area contributed by atoms with Crippen LogP contribution in [0.15, 0.2) is 30.9 Å². The average Bonchev–Trinajstić information content (AvgIpc) is 2.86. The number of benzene rings is 1. The summed E-state index contributed by atoms with van der Waals surface area (Å²) < 4.78 is 1.91. The summed E-state index contributed by atoms with van der Waals surface area (Å²) >= 11 is 0. The summed E-state index contributed by atoms with van der Waals surface area (Å²) in [6.07, 6.45) is 2.13. The summed E-state index contributed by atoms with van der Waals surface area (Å²) in [6, 6.07) is 5.32. The average molecular weight is 370 g/mol. The van der Waals surface area contributed by atoms with Crippen molar-refractivity contribution in [3.8, 4) is 0 Å². The highest BCUT2D eigenvalue weighted by Crippen LogP contribution is 2.29. The summed E-state index contributed by atoms with van der Waals surface area (Å²) in [4.78, 5) is 24.6. The zero-order chi connectivity index (χ0) is 20.3. The Hall–Kier alpha value is -2.56. The molecule has 1 aromatic carbocycles. The smallest absolute Gasteiger partial charge is 0.326 e. The minimum atomic E-state index is -1.01. The Balaban J connectivity index is 2.53. The number of nitrogens with one attached hydrogen (secondary N) is 1. The number of aliphatic carboxylic acids is 1. The first-order valence-electron chi connectivity index (χ1n) is 9.44. The van der Waals surface area contributed by atoms with Crippen LogP contribution < -0.4 is 5.32 Å². The first kappa shape index (κ1) is 20.7. The molecule has 2 N–H and O–H groups in total. The SMILES string of the molecule is C=CCn1c(C(=O)NC(CC(C)C)C(=O)O)c(C)c2cc(C(C)C)ccc21. The lowest BCUT2D eigenvalue weighted by Crippen LogP contribution is -2.42. The van der Waals surface area contributed by atoms with Gasteiger partial charge in [0.05, 0.1) is 0 Å². The number of amides is 1. The topological polar surface area (TPSA) is 71.3 Å². The number of carboxylic acid groups (broad SMARTS) is 1. The van der Waals surface area contributed by atoms with Crippen molar-refractivity contribution in [2.45, 2.75) is 59.5 Å². The number of carbonyl (C=O) groups is 2. The van der Waals surface area contributed by atoms with Gasteiger partial charge in [0.25, 0.3) is 5.91 Å². The Morgan fingerprint density at radius 1 is 1.26 bits per heavy atom. The maximum Gasteiger partial charge on any atom is 0.326 e. The van der Waals surface area contributed by atoms with Crippen LogP contribution in [0.25, 0.3) is 10.9 Å². The van der Waals surface area contributed by atoms with E-state index in [1.807, 2.05) is 31.4 Å². The molecule has 0 bridgehead atoms. The Morgan fingerprint density at radius 2 is 1.93 bits per heavy atom. The van der Waals surface area contributed by atoms with Gasteiger partial charge in [-0.1, -0.05) is 39.8 Å².